The Morgan fingerprint density at radius 3 is 2.53 bits per heavy atom. The fourth-order valence-corrected chi connectivity index (χ4v) is 2.69. The summed E-state index contributed by atoms with van der Waals surface area (Å²) in [5.74, 6) is -0.258. The van der Waals surface area contributed by atoms with Crippen LogP contribution in [0.4, 0.5) is 10.1 Å². The molecule has 0 saturated heterocycles. The van der Waals surface area contributed by atoms with Gasteiger partial charge < -0.3 is 4.74 Å². The predicted octanol–water partition coefficient (Wildman–Crippen LogP) is 4.01. The van der Waals surface area contributed by atoms with E-state index in [0.717, 1.165) is 5.56 Å². The van der Waals surface area contributed by atoms with Gasteiger partial charge in [-0.1, -0.05) is 42.5 Å². The fraction of sp³-hybridized carbons (Fsp3) is 0.0909. The van der Waals surface area contributed by atoms with E-state index in [9.17, 15) is 19.3 Å². The summed E-state index contributed by atoms with van der Waals surface area (Å²) in [5, 5.41) is 14.9. The minimum atomic E-state index is -0.527. The van der Waals surface area contributed by atoms with Crippen molar-refractivity contribution in [3.05, 3.63) is 105 Å². The van der Waals surface area contributed by atoms with Gasteiger partial charge in [0, 0.05) is 17.2 Å². The predicted molar refractivity (Wildman–Crippen MR) is 110 cm³/mol. The Balaban J connectivity index is 1.60. The second-order valence-corrected chi connectivity index (χ2v) is 6.31. The third-order valence-corrected chi connectivity index (χ3v) is 4.16. The van der Waals surface area contributed by atoms with Crippen molar-refractivity contribution in [2.24, 2.45) is 5.10 Å². The molecule has 3 aromatic carbocycles. The molecular weight excluding hydrogens is 389 g/mol. The maximum atomic E-state index is 13.0. The molecule has 8 heteroatoms. The summed E-state index contributed by atoms with van der Waals surface area (Å²) in [6.07, 6.45) is 1.26. The Morgan fingerprint density at radius 1 is 1.07 bits per heavy atom. The number of hydrogen-bond acceptors (Lipinski definition) is 5. The van der Waals surface area contributed by atoms with Gasteiger partial charge in [-0.2, -0.15) is 5.10 Å². The largest absolute Gasteiger partial charge is 0.488 e. The summed E-state index contributed by atoms with van der Waals surface area (Å²) in [7, 11) is 0. The number of halogens is 1. The number of carbonyl (C=O) groups excluding carboxylic acids is 1. The summed E-state index contributed by atoms with van der Waals surface area (Å²) < 4.78 is 18.7. The van der Waals surface area contributed by atoms with Gasteiger partial charge in [0.15, 0.2) is 0 Å². The lowest BCUT2D eigenvalue weighted by Crippen LogP contribution is -2.20. The summed E-state index contributed by atoms with van der Waals surface area (Å²) in [4.78, 5) is 22.6. The highest BCUT2D eigenvalue weighted by atomic mass is 19.1. The van der Waals surface area contributed by atoms with Gasteiger partial charge in [0.05, 0.1) is 17.6 Å². The molecule has 0 fully saturated rings. The Hall–Kier alpha value is -4.07. The van der Waals surface area contributed by atoms with E-state index in [1.807, 2.05) is 0 Å². The molecule has 1 N–H and O–H groups in total. The van der Waals surface area contributed by atoms with E-state index in [4.69, 9.17) is 4.74 Å². The van der Waals surface area contributed by atoms with Crippen molar-refractivity contribution in [3.63, 3.8) is 0 Å². The molecule has 0 aliphatic rings. The van der Waals surface area contributed by atoms with Crippen LogP contribution in [0, 0.1) is 15.9 Å². The lowest BCUT2D eigenvalue weighted by molar-refractivity contribution is -0.385. The summed E-state index contributed by atoms with van der Waals surface area (Å²) in [6, 6.07) is 19.1. The Bertz CT molecular complexity index is 1070. The molecule has 0 radical (unpaired) electrons. The second-order valence-electron chi connectivity index (χ2n) is 6.31. The van der Waals surface area contributed by atoms with Gasteiger partial charge >= 0.3 is 0 Å². The molecule has 0 saturated carbocycles. The minimum absolute atomic E-state index is 0.115. The van der Waals surface area contributed by atoms with E-state index < -0.39 is 10.8 Å². The molecular formula is C22H18FN3O4. The van der Waals surface area contributed by atoms with Gasteiger partial charge in [-0.3, -0.25) is 14.9 Å². The lowest BCUT2D eigenvalue weighted by atomic mass is 10.1. The fourth-order valence-electron chi connectivity index (χ4n) is 2.69. The van der Waals surface area contributed by atoms with E-state index >= 15 is 0 Å². The van der Waals surface area contributed by atoms with Gasteiger partial charge in [-0.05, 0) is 29.8 Å². The highest BCUT2D eigenvalue weighted by molar-refractivity contribution is 5.86. The Labute approximate surface area is 172 Å². The number of carbonyl (C=O) groups is 1. The van der Waals surface area contributed by atoms with Crippen LogP contribution >= 0.6 is 0 Å². The molecule has 0 unspecified atom stereocenters. The van der Waals surface area contributed by atoms with Crippen LogP contribution in [0.2, 0.25) is 0 Å². The van der Waals surface area contributed by atoms with Gasteiger partial charge in [-0.25, -0.2) is 9.82 Å². The van der Waals surface area contributed by atoms with Crippen LogP contribution in [0.15, 0.2) is 77.9 Å². The third kappa shape index (κ3) is 5.71. The summed E-state index contributed by atoms with van der Waals surface area (Å²) >= 11 is 0. The van der Waals surface area contributed by atoms with E-state index in [-0.39, 0.29) is 24.5 Å². The van der Waals surface area contributed by atoms with Crippen molar-refractivity contribution in [3.8, 4) is 5.75 Å². The summed E-state index contributed by atoms with van der Waals surface area (Å²) in [5.41, 5.74) is 3.99. The molecule has 0 aliphatic carbocycles. The topological polar surface area (TPSA) is 93.8 Å². The molecule has 7 nitrogen and oxygen atoms in total. The smallest absolute Gasteiger partial charge is 0.273 e. The molecule has 0 heterocycles. The van der Waals surface area contributed by atoms with E-state index in [1.54, 1.807) is 48.5 Å². The third-order valence-electron chi connectivity index (χ3n) is 4.16. The highest BCUT2D eigenvalue weighted by Gasteiger charge is 2.15. The van der Waals surface area contributed by atoms with Crippen molar-refractivity contribution in [1.82, 2.24) is 5.43 Å². The number of ether oxygens (including phenoxy) is 1. The summed E-state index contributed by atoms with van der Waals surface area (Å²) in [6.45, 7) is 0.245. The van der Waals surface area contributed by atoms with Crippen molar-refractivity contribution in [1.29, 1.82) is 0 Å². The second kappa shape index (κ2) is 9.92. The first-order chi connectivity index (χ1) is 14.5. The van der Waals surface area contributed by atoms with Crippen LogP contribution in [0.5, 0.6) is 5.75 Å². The minimum Gasteiger partial charge on any atom is -0.488 e. The first-order valence-corrected chi connectivity index (χ1v) is 9.03. The molecule has 3 rings (SSSR count). The van der Waals surface area contributed by atoms with Crippen LogP contribution < -0.4 is 10.2 Å². The maximum Gasteiger partial charge on any atom is 0.273 e. The number of hydrazone groups is 1. The number of para-hydroxylation sites is 2. The molecule has 0 bridgehead atoms. The number of amides is 1. The van der Waals surface area contributed by atoms with Crippen molar-refractivity contribution in [2.75, 3.05) is 0 Å². The highest BCUT2D eigenvalue weighted by Crippen LogP contribution is 2.19. The van der Waals surface area contributed by atoms with Gasteiger partial charge in [-0.15, -0.1) is 0 Å². The number of rotatable bonds is 8. The molecule has 0 aromatic heterocycles. The first kappa shape index (κ1) is 20.7. The zero-order valence-corrected chi connectivity index (χ0v) is 15.8. The Kier molecular flexibility index (Phi) is 6.83. The average Bonchev–Trinajstić information content (AvgIpc) is 2.74. The van der Waals surface area contributed by atoms with Crippen molar-refractivity contribution < 1.29 is 18.8 Å². The van der Waals surface area contributed by atoms with Crippen LogP contribution in [0.25, 0.3) is 0 Å². The SMILES string of the molecule is O=C(Cc1ccccc1[N+](=O)[O-])NN=Cc1ccccc1OCc1ccc(F)cc1. The van der Waals surface area contributed by atoms with Crippen LogP contribution in [-0.4, -0.2) is 17.0 Å². The van der Waals surface area contributed by atoms with E-state index in [0.29, 0.717) is 16.9 Å². The number of nitro benzene ring substituents is 1. The molecule has 0 spiro atoms. The lowest BCUT2D eigenvalue weighted by Gasteiger charge is -2.09. The van der Waals surface area contributed by atoms with Crippen LogP contribution in [-0.2, 0) is 17.8 Å². The van der Waals surface area contributed by atoms with E-state index in [2.05, 4.69) is 10.5 Å². The monoisotopic (exact) mass is 407 g/mol. The molecule has 3 aromatic rings. The zero-order chi connectivity index (χ0) is 21.3. The quantitative estimate of drug-likeness (QED) is 0.347. The van der Waals surface area contributed by atoms with Crippen molar-refractivity contribution >= 4 is 17.8 Å². The number of hydrogen-bond donors (Lipinski definition) is 1. The molecule has 30 heavy (non-hydrogen) atoms. The van der Waals surface area contributed by atoms with Gasteiger partial charge in [0.1, 0.15) is 18.2 Å². The molecule has 152 valence electrons. The number of benzene rings is 3. The average molecular weight is 407 g/mol. The first-order valence-electron chi connectivity index (χ1n) is 9.03. The molecule has 0 aliphatic heterocycles. The van der Waals surface area contributed by atoms with Crippen molar-refractivity contribution in [2.45, 2.75) is 13.0 Å². The Morgan fingerprint density at radius 2 is 1.77 bits per heavy atom. The zero-order valence-electron chi connectivity index (χ0n) is 15.8. The van der Waals surface area contributed by atoms with Gasteiger partial charge in [0.25, 0.3) is 5.69 Å². The number of nitrogens with one attached hydrogen (secondary N) is 1. The normalized spacial score (nSPS) is 10.7. The number of nitrogens with zero attached hydrogens (tertiary/aromatic N) is 2. The van der Waals surface area contributed by atoms with Crippen LogP contribution in [0.3, 0.4) is 0 Å². The number of nitro groups is 1. The van der Waals surface area contributed by atoms with Crippen LogP contribution in [0.1, 0.15) is 16.7 Å². The van der Waals surface area contributed by atoms with E-state index in [1.165, 1.54) is 30.5 Å². The maximum absolute atomic E-state index is 13.0. The van der Waals surface area contributed by atoms with Gasteiger partial charge in [0.2, 0.25) is 5.91 Å². The molecule has 1 amide bonds. The molecule has 0 atom stereocenters. The standard InChI is InChI=1S/C22H18FN3O4/c23-19-11-9-16(10-12-19)15-30-21-8-4-2-6-18(21)14-24-25-22(27)13-17-5-1-3-7-20(17)26(28)29/h1-12,14H,13,15H2,(H,25,27).